The largest absolute Gasteiger partial charge is 0.495 e. The van der Waals surface area contributed by atoms with E-state index in [1.165, 1.54) is 13.2 Å². The molecule has 1 saturated heterocycles. The first kappa shape index (κ1) is 18.7. The smallest absolute Gasteiger partial charge is 0.335 e. The van der Waals surface area contributed by atoms with Crippen LogP contribution >= 0.6 is 11.6 Å². The number of urea groups is 1. The summed E-state index contributed by atoms with van der Waals surface area (Å²) in [5, 5.41) is 2.56. The predicted octanol–water partition coefficient (Wildman–Crippen LogP) is 3.63. The molecule has 0 atom stereocenters. The van der Waals surface area contributed by atoms with Crippen LogP contribution in [0, 0.1) is 13.8 Å². The van der Waals surface area contributed by atoms with Crippen LogP contribution in [0.2, 0.25) is 5.02 Å². The van der Waals surface area contributed by atoms with Crippen molar-refractivity contribution in [1.29, 1.82) is 0 Å². The number of nitrogens with zero attached hydrogens (tertiary/aromatic N) is 1. The molecule has 27 heavy (non-hydrogen) atoms. The first-order chi connectivity index (χ1) is 12.8. The van der Waals surface area contributed by atoms with E-state index in [1.54, 1.807) is 30.3 Å². The monoisotopic (exact) mass is 384 g/mol. The van der Waals surface area contributed by atoms with Crippen molar-refractivity contribution in [1.82, 2.24) is 5.32 Å². The van der Waals surface area contributed by atoms with Crippen molar-refractivity contribution >= 4 is 41.2 Å². The number of benzene rings is 2. The molecule has 0 unspecified atom stereocenters. The van der Waals surface area contributed by atoms with Gasteiger partial charge < -0.3 is 4.74 Å². The van der Waals surface area contributed by atoms with Crippen LogP contribution in [0.4, 0.5) is 10.5 Å². The van der Waals surface area contributed by atoms with E-state index in [2.05, 4.69) is 5.32 Å². The zero-order valence-corrected chi connectivity index (χ0v) is 15.8. The number of hydrogen-bond donors (Lipinski definition) is 1. The lowest BCUT2D eigenvalue weighted by molar-refractivity contribution is -0.122. The zero-order chi connectivity index (χ0) is 19.7. The average Bonchev–Trinajstić information content (AvgIpc) is 2.62. The van der Waals surface area contributed by atoms with Crippen LogP contribution in [-0.4, -0.2) is 25.0 Å². The van der Waals surface area contributed by atoms with E-state index in [-0.39, 0.29) is 5.57 Å². The Morgan fingerprint density at radius 2 is 1.85 bits per heavy atom. The molecule has 2 aromatic carbocycles. The number of imide groups is 2. The molecule has 7 heteroatoms. The molecule has 0 bridgehead atoms. The van der Waals surface area contributed by atoms with Crippen molar-refractivity contribution in [2.45, 2.75) is 13.8 Å². The Morgan fingerprint density at radius 1 is 1.11 bits per heavy atom. The van der Waals surface area contributed by atoms with Gasteiger partial charge in [-0.25, -0.2) is 9.69 Å². The maximum absolute atomic E-state index is 12.9. The Hall–Kier alpha value is -3.12. The van der Waals surface area contributed by atoms with Gasteiger partial charge in [0.2, 0.25) is 0 Å². The Morgan fingerprint density at radius 3 is 2.52 bits per heavy atom. The van der Waals surface area contributed by atoms with Crippen molar-refractivity contribution in [3.8, 4) is 5.75 Å². The topological polar surface area (TPSA) is 75.7 Å². The van der Waals surface area contributed by atoms with Crippen molar-refractivity contribution in [2.75, 3.05) is 12.0 Å². The summed E-state index contributed by atoms with van der Waals surface area (Å²) in [6, 6.07) is 9.39. The van der Waals surface area contributed by atoms with E-state index in [1.807, 2.05) is 19.9 Å². The van der Waals surface area contributed by atoms with Crippen LogP contribution in [-0.2, 0) is 9.59 Å². The van der Waals surface area contributed by atoms with Crippen molar-refractivity contribution in [3.05, 3.63) is 63.7 Å². The highest BCUT2D eigenvalue weighted by Gasteiger charge is 2.37. The van der Waals surface area contributed by atoms with Crippen LogP contribution in [0.25, 0.3) is 6.08 Å². The summed E-state index contributed by atoms with van der Waals surface area (Å²) < 4.78 is 5.09. The summed E-state index contributed by atoms with van der Waals surface area (Å²) in [5.74, 6) is -0.965. The number of anilines is 1. The highest BCUT2D eigenvalue weighted by molar-refractivity contribution is 6.39. The molecule has 0 aromatic heterocycles. The number of amides is 4. The second kappa shape index (κ2) is 7.25. The molecule has 2 aromatic rings. The highest BCUT2D eigenvalue weighted by Crippen LogP contribution is 2.29. The van der Waals surface area contributed by atoms with Gasteiger partial charge in [-0.05, 0) is 54.8 Å². The molecule has 1 heterocycles. The molecule has 0 saturated carbocycles. The van der Waals surface area contributed by atoms with Crippen LogP contribution in [0.5, 0.6) is 5.75 Å². The molecule has 1 fully saturated rings. The highest BCUT2D eigenvalue weighted by atomic mass is 35.5. The quantitative estimate of drug-likeness (QED) is 0.647. The molecule has 0 spiro atoms. The Kier molecular flexibility index (Phi) is 5.01. The van der Waals surface area contributed by atoms with Gasteiger partial charge in [0.05, 0.1) is 17.8 Å². The lowest BCUT2D eigenvalue weighted by Gasteiger charge is -2.28. The fraction of sp³-hybridized carbons (Fsp3) is 0.150. The number of ether oxygens (including phenoxy) is 1. The number of hydrogen-bond acceptors (Lipinski definition) is 4. The van der Waals surface area contributed by atoms with Gasteiger partial charge in [0, 0.05) is 0 Å². The summed E-state index contributed by atoms with van der Waals surface area (Å²) in [6.45, 7) is 3.70. The van der Waals surface area contributed by atoms with Crippen LogP contribution in [0.15, 0.2) is 42.0 Å². The van der Waals surface area contributed by atoms with Crippen molar-refractivity contribution in [2.24, 2.45) is 0 Å². The minimum atomic E-state index is -0.774. The van der Waals surface area contributed by atoms with Crippen LogP contribution in [0.1, 0.15) is 16.7 Å². The summed E-state index contributed by atoms with van der Waals surface area (Å²) in [6.07, 6.45) is 1.40. The molecule has 3 rings (SSSR count). The van der Waals surface area contributed by atoms with Gasteiger partial charge >= 0.3 is 6.03 Å². The first-order valence-corrected chi connectivity index (χ1v) is 8.52. The van der Waals surface area contributed by atoms with Crippen LogP contribution < -0.4 is 15.0 Å². The molecule has 1 aliphatic rings. The molecule has 0 radical (unpaired) electrons. The number of aryl methyl sites for hydroxylation is 1. The summed E-state index contributed by atoms with van der Waals surface area (Å²) >= 11 is 6.10. The molecule has 0 aliphatic carbocycles. The normalized spacial score (nSPS) is 15.9. The van der Waals surface area contributed by atoms with Gasteiger partial charge in [-0.3, -0.25) is 14.9 Å². The molecule has 6 nitrogen and oxygen atoms in total. The van der Waals surface area contributed by atoms with E-state index in [4.69, 9.17) is 16.3 Å². The first-order valence-electron chi connectivity index (χ1n) is 8.14. The maximum Gasteiger partial charge on any atom is 0.335 e. The molecule has 1 N–H and O–H groups in total. The Balaban J connectivity index is 2.05. The number of rotatable bonds is 3. The number of carbonyl (C=O) groups excluding carboxylic acids is 3. The SMILES string of the molecule is COc1ccc(/C=C2/C(=O)NC(=O)N(c3cccc(C)c3C)C2=O)cc1Cl. The Labute approximate surface area is 161 Å². The minimum Gasteiger partial charge on any atom is -0.495 e. The lowest BCUT2D eigenvalue weighted by atomic mass is 10.0. The van der Waals surface area contributed by atoms with Crippen molar-refractivity contribution < 1.29 is 19.1 Å². The van der Waals surface area contributed by atoms with Gasteiger partial charge in [-0.15, -0.1) is 0 Å². The van der Waals surface area contributed by atoms with Gasteiger partial charge in [0.25, 0.3) is 11.8 Å². The van der Waals surface area contributed by atoms with E-state index in [0.717, 1.165) is 16.0 Å². The predicted molar refractivity (Wildman–Crippen MR) is 103 cm³/mol. The van der Waals surface area contributed by atoms with Crippen LogP contribution in [0.3, 0.4) is 0 Å². The third kappa shape index (κ3) is 3.44. The van der Waals surface area contributed by atoms with Gasteiger partial charge in [0.1, 0.15) is 11.3 Å². The number of methoxy groups -OCH3 is 1. The number of nitrogens with one attached hydrogen (secondary N) is 1. The fourth-order valence-electron chi connectivity index (χ4n) is 2.79. The molecule has 1 aliphatic heterocycles. The fourth-order valence-corrected chi connectivity index (χ4v) is 3.06. The van der Waals surface area contributed by atoms with Gasteiger partial charge in [-0.1, -0.05) is 29.8 Å². The van der Waals surface area contributed by atoms with Crippen molar-refractivity contribution in [3.63, 3.8) is 0 Å². The third-order valence-electron chi connectivity index (χ3n) is 4.41. The second-order valence-electron chi connectivity index (χ2n) is 6.07. The summed E-state index contributed by atoms with van der Waals surface area (Å²) in [7, 11) is 1.49. The van der Waals surface area contributed by atoms with E-state index >= 15 is 0 Å². The van der Waals surface area contributed by atoms with Gasteiger partial charge in [-0.2, -0.15) is 0 Å². The lowest BCUT2D eigenvalue weighted by Crippen LogP contribution is -2.54. The summed E-state index contributed by atoms with van der Waals surface area (Å²) in [4.78, 5) is 38.5. The molecule has 4 amide bonds. The van der Waals surface area contributed by atoms with Gasteiger partial charge in [0.15, 0.2) is 0 Å². The second-order valence-corrected chi connectivity index (χ2v) is 6.48. The minimum absolute atomic E-state index is 0.156. The third-order valence-corrected chi connectivity index (χ3v) is 4.70. The summed E-state index contributed by atoms with van der Waals surface area (Å²) in [5.41, 5.74) is 2.52. The van der Waals surface area contributed by atoms with E-state index in [9.17, 15) is 14.4 Å². The Bertz CT molecular complexity index is 997. The average molecular weight is 385 g/mol. The number of halogens is 1. The maximum atomic E-state index is 12.9. The van der Waals surface area contributed by atoms with E-state index < -0.39 is 17.8 Å². The number of carbonyl (C=O) groups is 3. The molecule has 138 valence electrons. The van der Waals surface area contributed by atoms with E-state index in [0.29, 0.717) is 22.0 Å². The molecular formula is C20H17ClN2O4. The number of barbiturate groups is 1. The zero-order valence-electron chi connectivity index (χ0n) is 15.0. The standard InChI is InChI=1S/C20H17ClN2O4/c1-11-5-4-6-16(12(11)2)23-19(25)14(18(24)22-20(23)26)9-13-7-8-17(27-3)15(21)10-13/h4-10H,1-3H3,(H,22,24,26)/b14-9-. The molecular weight excluding hydrogens is 368 g/mol.